The van der Waals surface area contributed by atoms with Crippen LogP contribution < -0.4 is 0 Å². The molecule has 7 nitrogen and oxygen atoms in total. The molecule has 0 aliphatic carbocycles. The van der Waals surface area contributed by atoms with Crippen LogP contribution in [-0.2, 0) is 13.0 Å². The third-order valence-electron chi connectivity index (χ3n) is 4.64. The molecule has 128 valence electrons. The fraction of sp³-hybridized carbons (Fsp3) is 0.562. The van der Waals surface area contributed by atoms with Crippen molar-refractivity contribution in [3.8, 4) is 0 Å². The lowest BCUT2D eigenvalue weighted by molar-refractivity contribution is 0.0839. The summed E-state index contributed by atoms with van der Waals surface area (Å²) in [6.45, 7) is 9.18. The zero-order valence-electron chi connectivity index (χ0n) is 14.1. The minimum atomic E-state index is 0.179. The van der Waals surface area contributed by atoms with Gasteiger partial charge in [-0.3, -0.25) is 14.2 Å². The second kappa shape index (κ2) is 6.62. The van der Waals surface area contributed by atoms with E-state index in [1.807, 2.05) is 6.92 Å². The van der Waals surface area contributed by atoms with E-state index >= 15 is 0 Å². The number of piperazine rings is 1. The Labute approximate surface area is 144 Å². The van der Waals surface area contributed by atoms with Crippen molar-refractivity contribution in [3.05, 3.63) is 35.2 Å². The van der Waals surface area contributed by atoms with E-state index in [1.165, 1.54) is 0 Å². The molecule has 0 amide bonds. The predicted molar refractivity (Wildman–Crippen MR) is 92.0 cm³/mol. The fourth-order valence-corrected chi connectivity index (χ4v) is 3.85. The molecule has 1 fully saturated rings. The highest BCUT2D eigenvalue weighted by Crippen LogP contribution is 2.21. The standard InChI is InChI=1S/C16H22N6OS/c1-3-14-18-15(23-19-14)12(2)21-6-4-20(5-7-21)10-13-11-22-8-9-24-16(22)17-13/h8-9,11-12H,3-7,10H2,1-2H3/t12-/m1/s1. The Morgan fingerprint density at radius 2 is 2.08 bits per heavy atom. The summed E-state index contributed by atoms with van der Waals surface area (Å²) in [5, 5.41) is 6.07. The monoisotopic (exact) mass is 346 g/mol. The highest BCUT2D eigenvalue weighted by atomic mass is 32.1. The molecule has 24 heavy (non-hydrogen) atoms. The lowest BCUT2D eigenvalue weighted by Crippen LogP contribution is -2.46. The average molecular weight is 346 g/mol. The third-order valence-corrected chi connectivity index (χ3v) is 5.41. The maximum Gasteiger partial charge on any atom is 0.243 e. The lowest BCUT2D eigenvalue weighted by Gasteiger charge is -2.36. The minimum absolute atomic E-state index is 0.179. The molecule has 3 aromatic rings. The largest absolute Gasteiger partial charge is 0.338 e. The third kappa shape index (κ3) is 3.09. The second-order valence-corrected chi connectivity index (χ2v) is 7.09. The molecule has 0 N–H and O–H groups in total. The molecule has 0 radical (unpaired) electrons. The summed E-state index contributed by atoms with van der Waals surface area (Å²) in [6.07, 6.45) is 5.00. The first kappa shape index (κ1) is 15.7. The first-order chi connectivity index (χ1) is 11.7. The molecule has 0 bridgehead atoms. The first-order valence-corrected chi connectivity index (χ1v) is 9.31. The summed E-state index contributed by atoms with van der Waals surface area (Å²) >= 11 is 1.68. The maximum atomic E-state index is 5.39. The van der Waals surface area contributed by atoms with Gasteiger partial charge in [-0.2, -0.15) is 4.98 Å². The Hall–Kier alpha value is -1.77. The Kier molecular flexibility index (Phi) is 4.34. The van der Waals surface area contributed by atoms with Crippen molar-refractivity contribution in [3.63, 3.8) is 0 Å². The van der Waals surface area contributed by atoms with Crippen molar-refractivity contribution in [1.29, 1.82) is 0 Å². The number of hydrogen-bond donors (Lipinski definition) is 0. The summed E-state index contributed by atoms with van der Waals surface area (Å²) in [5.41, 5.74) is 1.15. The smallest absolute Gasteiger partial charge is 0.243 e. The summed E-state index contributed by atoms with van der Waals surface area (Å²) in [4.78, 5) is 15.1. The fourth-order valence-electron chi connectivity index (χ4n) is 3.13. The molecule has 1 saturated heterocycles. The number of thiazole rings is 1. The Morgan fingerprint density at radius 3 is 2.79 bits per heavy atom. The van der Waals surface area contributed by atoms with Crippen LogP contribution in [0.2, 0.25) is 0 Å². The molecule has 0 aromatic carbocycles. The van der Waals surface area contributed by atoms with Crippen LogP contribution in [0.15, 0.2) is 22.3 Å². The SMILES string of the molecule is CCc1noc([C@@H](C)N2CCN(Cc3cn4ccsc4n3)CC2)n1. The Morgan fingerprint density at radius 1 is 1.25 bits per heavy atom. The van der Waals surface area contributed by atoms with Crippen molar-refractivity contribution < 1.29 is 4.52 Å². The van der Waals surface area contributed by atoms with Gasteiger partial charge in [0.05, 0.1) is 11.7 Å². The molecule has 4 heterocycles. The minimum Gasteiger partial charge on any atom is -0.338 e. The van der Waals surface area contributed by atoms with Gasteiger partial charge in [-0.15, -0.1) is 11.3 Å². The van der Waals surface area contributed by atoms with Crippen LogP contribution in [0.1, 0.15) is 37.3 Å². The molecule has 8 heteroatoms. The predicted octanol–water partition coefficient (Wildman–Crippen LogP) is 2.22. The van der Waals surface area contributed by atoms with Gasteiger partial charge in [0.2, 0.25) is 5.89 Å². The molecule has 3 aromatic heterocycles. The molecule has 1 aliphatic rings. The summed E-state index contributed by atoms with van der Waals surface area (Å²) in [6, 6.07) is 0.179. The Bertz CT molecular complexity index is 772. The number of nitrogens with zero attached hydrogens (tertiary/aromatic N) is 6. The van der Waals surface area contributed by atoms with Crippen molar-refractivity contribution in [2.75, 3.05) is 26.2 Å². The topological polar surface area (TPSA) is 62.7 Å². The molecule has 0 saturated carbocycles. The van der Waals surface area contributed by atoms with E-state index in [4.69, 9.17) is 4.52 Å². The molecule has 0 spiro atoms. The summed E-state index contributed by atoms with van der Waals surface area (Å²) in [5.74, 6) is 1.52. The zero-order valence-corrected chi connectivity index (χ0v) is 14.9. The number of rotatable bonds is 5. The second-order valence-electron chi connectivity index (χ2n) is 6.22. The van der Waals surface area contributed by atoms with Gasteiger partial charge in [0.1, 0.15) is 0 Å². The van der Waals surface area contributed by atoms with Crippen LogP contribution in [0.25, 0.3) is 4.96 Å². The van der Waals surface area contributed by atoms with Crippen LogP contribution in [0.4, 0.5) is 0 Å². The average Bonchev–Trinajstić information content (AvgIpc) is 3.30. The van der Waals surface area contributed by atoms with Crippen molar-refractivity contribution in [2.45, 2.75) is 32.9 Å². The van der Waals surface area contributed by atoms with Gasteiger partial charge in [0.15, 0.2) is 10.8 Å². The lowest BCUT2D eigenvalue weighted by atomic mass is 10.2. The number of hydrogen-bond acceptors (Lipinski definition) is 7. The molecule has 1 atom stereocenters. The normalized spacial score (nSPS) is 18.4. The van der Waals surface area contributed by atoms with Crippen molar-refractivity contribution >= 4 is 16.3 Å². The number of fused-ring (bicyclic) bond motifs is 1. The van der Waals surface area contributed by atoms with Gasteiger partial charge in [0.25, 0.3) is 0 Å². The van der Waals surface area contributed by atoms with Gasteiger partial charge in [-0.25, -0.2) is 4.98 Å². The zero-order chi connectivity index (χ0) is 16.5. The van der Waals surface area contributed by atoms with E-state index < -0.39 is 0 Å². The van der Waals surface area contributed by atoms with Gasteiger partial charge in [-0.1, -0.05) is 12.1 Å². The summed E-state index contributed by atoms with van der Waals surface area (Å²) < 4.78 is 7.49. The van der Waals surface area contributed by atoms with Crippen LogP contribution in [0.3, 0.4) is 0 Å². The van der Waals surface area contributed by atoms with Crippen LogP contribution in [0, 0.1) is 0 Å². The highest BCUT2D eigenvalue weighted by molar-refractivity contribution is 7.15. The summed E-state index contributed by atoms with van der Waals surface area (Å²) in [7, 11) is 0. The first-order valence-electron chi connectivity index (χ1n) is 8.43. The molecular weight excluding hydrogens is 324 g/mol. The van der Waals surface area contributed by atoms with Crippen LogP contribution in [0.5, 0.6) is 0 Å². The Balaban J connectivity index is 1.33. The molecule has 4 rings (SSSR count). The van der Waals surface area contributed by atoms with Crippen LogP contribution >= 0.6 is 11.3 Å². The van der Waals surface area contributed by atoms with Crippen LogP contribution in [-0.4, -0.2) is 55.5 Å². The van der Waals surface area contributed by atoms with E-state index in [2.05, 4.69) is 54.0 Å². The highest BCUT2D eigenvalue weighted by Gasteiger charge is 2.26. The molecule has 1 aliphatic heterocycles. The molecular formula is C16H22N6OS. The maximum absolute atomic E-state index is 5.39. The number of aromatic nitrogens is 4. The van der Waals surface area contributed by atoms with Gasteiger partial charge < -0.3 is 4.52 Å². The quantitative estimate of drug-likeness (QED) is 0.706. The van der Waals surface area contributed by atoms with E-state index in [9.17, 15) is 0 Å². The van der Waals surface area contributed by atoms with Crippen molar-refractivity contribution in [1.82, 2.24) is 29.3 Å². The van der Waals surface area contributed by atoms with Gasteiger partial charge in [-0.05, 0) is 6.92 Å². The van der Waals surface area contributed by atoms with Crippen molar-refractivity contribution in [2.24, 2.45) is 0 Å². The van der Waals surface area contributed by atoms with Gasteiger partial charge in [0, 0.05) is 56.9 Å². The van der Waals surface area contributed by atoms with Gasteiger partial charge >= 0.3 is 0 Å². The molecule has 0 unspecified atom stereocenters. The van der Waals surface area contributed by atoms with E-state index in [1.54, 1.807) is 11.3 Å². The number of imidazole rings is 1. The van der Waals surface area contributed by atoms with E-state index in [-0.39, 0.29) is 6.04 Å². The van der Waals surface area contributed by atoms with E-state index in [0.29, 0.717) is 0 Å². The number of aryl methyl sites for hydroxylation is 1. The van der Waals surface area contributed by atoms with E-state index in [0.717, 1.165) is 61.5 Å².